The Morgan fingerprint density at radius 1 is 1.35 bits per heavy atom. The lowest BCUT2D eigenvalue weighted by Crippen LogP contribution is -1.98. The Morgan fingerprint density at radius 2 is 2.18 bits per heavy atom. The first-order chi connectivity index (χ1) is 8.20. The largest absolute Gasteiger partial charge is 0.338 e. The van der Waals surface area contributed by atoms with Gasteiger partial charge in [-0.05, 0) is 36.8 Å². The molecule has 0 unspecified atom stereocenters. The van der Waals surface area contributed by atoms with E-state index in [-0.39, 0.29) is 5.82 Å². The lowest BCUT2D eigenvalue weighted by Gasteiger charge is -2.07. The van der Waals surface area contributed by atoms with Crippen LogP contribution in [-0.2, 0) is 0 Å². The number of hydrogen-bond donors (Lipinski definition) is 1. The Kier molecular flexibility index (Phi) is 2.97. The molecule has 2 aromatic rings. The maximum atomic E-state index is 13.1. The third-order valence-corrected chi connectivity index (χ3v) is 2.26. The van der Waals surface area contributed by atoms with Crippen LogP contribution in [0.4, 0.5) is 15.9 Å². The minimum atomic E-state index is -0.268. The number of hydrogen-bond acceptors (Lipinski definition) is 4. The molecule has 5 heteroatoms. The van der Waals surface area contributed by atoms with Crippen LogP contribution in [0.3, 0.4) is 0 Å². The first-order valence-corrected chi connectivity index (χ1v) is 4.95. The van der Waals surface area contributed by atoms with Crippen molar-refractivity contribution in [1.29, 1.82) is 5.26 Å². The van der Waals surface area contributed by atoms with Crippen molar-refractivity contribution >= 4 is 11.5 Å². The smallest absolute Gasteiger partial charge is 0.171 e. The number of aromatic nitrogens is 2. The van der Waals surface area contributed by atoms with Gasteiger partial charge in [-0.3, -0.25) is 0 Å². The van der Waals surface area contributed by atoms with Crippen LogP contribution in [0.2, 0.25) is 0 Å². The summed E-state index contributed by atoms with van der Waals surface area (Å²) in [5.41, 5.74) is 1.58. The fourth-order valence-electron chi connectivity index (χ4n) is 1.37. The highest BCUT2D eigenvalue weighted by Crippen LogP contribution is 2.19. The van der Waals surface area contributed by atoms with Crippen molar-refractivity contribution in [2.45, 2.75) is 6.92 Å². The molecule has 0 spiro atoms. The summed E-state index contributed by atoms with van der Waals surface area (Å²) in [6.07, 6.45) is 1.44. The van der Waals surface area contributed by atoms with Gasteiger partial charge in [-0.1, -0.05) is 0 Å². The highest BCUT2D eigenvalue weighted by atomic mass is 19.1. The number of rotatable bonds is 2. The molecule has 0 atom stereocenters. The molecule has 0 saturated carbocycles. The molecule has 1 aromatic heterocycles. The molecule has 84 valence electrons. The molecule has 0 aliphatic carbocycles. The lowest BCUT2D eigenvalue weighted by atomic mass is 10.2. The van der Waals surface area contributed by atoms with Crippen molar-refractivity contribution in [3.63, 3.8) is 0 Å². The van der Waals surface area contributed by atoms with Gasteiger partial charge in [0.15, 0.2) is 5.82 Å². The van der Waals surface area contributed by atoms with Gasteiger partial charge in [0.25, 0.3) is 0 Å². The van der Waals surface area contributed by atoms with Crippen molar-refractivity contribution in [1.82, 2.24) is 10.2 Å². The number of benzene rings is 1. The van der Waals surface area contributed by atoms with Crippen LogP contribution in [0.5, 0.6) is 0 Å². The predicted molar refractivity (Wildman–Crippen MR) is 61.2 cm³/mol. The number of nitriles is 1. The van der Waals surface area contributed by atoms with E-state index in [1.807, 2.05) is 6.07 Å². The maximum absolute atomic E-state index is 13.1. The van der Waals surface area contributed by atoms with E-state index in [1.165, 1.54) is 12.3 Å². The standard InChI is InChI=1S/C12H9FN4/c1-8-6-10(2-3-11(8)13)16-12-9(7-14)4-5-15-17-12/h2-6H,1H3,(H,16,17). The minimum absolute atomic E-state index is 0.268. The second-order valence-corrected chi connectivity index (χ2v) is 3.49. The van der Waals surface area contributed by atoms with Crippen LogP contribution < -0.4 is 5.32 Å². The van der Waals surface area contributed by atoms with Gasteiger partial charge in [0, 0.05) is 5.69 Å². The van der Waals surface area contributed by atoms with Gasteiger partial charge < -0.3 is 5.32 Å². The van der Waals surface area contributed by atoms with E-state index in [2.05, 4.69) is 15.5 Å². The second kappa shape index (κ2) is 4.58. The molecule has 0 saturated heterocycles. The van der Waals surface area contributed by atoms with E-state index in [0.717, 1.165) is 0 Å². The van der Waals surface area contributed by atoms with E-state index in [1.54, 1.807) is 25.1 Å². The molecule has 1 heterocycles. The van der Waals surface area contributed by atoms with Gasteiger partial charge in [0.1, 0.15) is 11.9 Å². The summed E-state index contributed by atoms with van der Waals surface area (Å²) in [7, 11) is 0. The first kappa shape index (κ1) is 11.0. The maximum Gasteiger partial charge on any atom is 0.171 e. The summed E-state index contributed by atoms with van der Waals surface area (Å²) >= 11 is 0. The van der Waals surface area contributed by atoms with E-state index < -0.39 is 0 Å². The van der Waals surface area contributed by atoms with Crippen molar-refractivity contribution < 1.29 is 4.39 Å². The second-order valence-electron chi connectivity index (χ2n) is 3.49. The molecule has 0 bridgehead atoms. The number of nitrogens with one attached hydrogen (secondary N) is 1. The number of halogens is 1. The summed E-state index contributed by atoms with van der Waals surface area (Å²) < 4.78 is 13.1. The summed E-state index contributed by atoms with van der Waals surface area (Å²) in [6.45, 7) is 1.67. The van der Waals surface area contributed by atoms with Crippen molar-refractivity contribution in [2.75, 3.05) is 5.32 Å². The van der Waals surface area contributed by atoms with Crippen molar-refractivity contribution in [2.24, 2.45) is 0 Å². The van der Waals surface area contributed by atoms with Crippen LogP contribution in [0.25, 0.3) is 0 Å². The van der Waals surface area contributed by atoms with Gasteiger partial charge in [0.2, 0.25) is 0 Å². The summed E-state index contributed by atoms with van der Waals surface area (Å²) in [4.78, 5) is 0. The van der Waals surface area contributed by atoms with E-state index in [0.29, 0.717) is 22.6 Å². The van der Waals surface area contributed by atoms with E-state index in [9.17, 15) is 4.39 Å². The normalized spacial score (nSPS) is 9.71. The van der Waals surface area contributed by atoms with Gasteiger partial charge in [0.05, 0.1) is 11.8 Å². The van der Waals surface area contributed by atoms with Crippen molar-refractivity contribution in [3.8, 4) is 6.07 Å². The Bertz CT molecular complexity index is 589. The van der Waals surface area contributed by atoms with Crippen LogP contribution in [0.15, 0.2) is 30.5 Å². The highest BCUT2D eigenvalue weighted by molar-refractivity contribution is 5.62. The van der Waals surface area contributed by atoms with Gasteiger partial charge in [-0.2, -0.15) is 10.4 Å². The number of aryl methyl sites for hydroxylation is 1. The van der Waals surface area contributed by atoms with Crippen molar-refractivity contribution in [3.05, 3.63) is 47.4 Å². The molecule has 0 amide bonds. The quantitative estimate of drug-likeness (QED) is 0.857. The minimum Gasteiger partial charge on any atom is -0.338 e. The molecule has 17 heavy (non-hydrogen) atoms. The zero-order valence-corrected chi connectivity index (χ0v) is 9.11. The summed E-state index contributed by atoms with van der Waals surface area (Å²) in [6, 6.07) is 8.15. The number of nitrogens with zero attached hydrogens (tertiary/aromatic N) is 3. The van der Waals surface area contributed by atoms with Gasteiger partial charge in [-0.15, -0.1) is 5.10 Å². The van der Waals surface area contributed by atoms with Crippen LogP contribution in [0, 0.1) is 24.1 Å². The Hall–Kier alpha value is -2.48. The van der Waals surface area contributed by atoms with E-state index >= 15 is 0 Å². The summed E-state index contributed by atoms with van der Waals surface area (Å²) in [5.74, 6) is 0.0937. The Labute approximate surface area is 97.7 Å². The average molecular weight is 228 g/mol. The Balaban J connectivity index is 2.32. The molecule has 4 nitrogen and oxygen atoms in total. The molecule has 0 aliphatic rings. The lowest BCUT2D eigenvalue weighted by molar-refractivity contribution is 0.619. The zero-order chi connectivity index (χ0) is 12.3. The van der Waals surface area contributed by atoms with Crippen LogP contribution in [0.1, 0.15) is 11.1 Å². The Morgan fingerprint density at radius 3 is 2.88 bits per heavy atom. The third-order valence-electron chi connectivity index (χ3n) is 2.26. The highest BCUT2D eigenvalue weighted by Gasteiger charge is 2.05. The monoisotopic (exact) mass is 228 g/mol. The fourth-order valence-corrected chi connectivity index (χ4v) is 1.37. The average Bonchev–Trinajstić information content (AvgIpc) is 2.34. The topological polar surface area (TPSA) is 61.6 Å². The fraction of sp³-hybridized carbons (Fsp3) is 0.0833. The molecule has 0 fully saturated rings. The molecule has 2 rings (SSSR count). The third kappa shape index (κ3) is 2.37. The molecular formula is C12H9FN4. The van der Waals surface area contributed by atoms with Gasteiger partial charge in [-0.25, -0.2) is 4.39 Å². The predicted octanol–water partition coefficient (Wildman–Crippen LogP) is 2.54. The number of anilines is 2. The molecule has 0 aliphatic heterocycles. The SMILES string of the molecule is Cc1cc(Nc2nnccc2C#N)ccc1F. The van der Waals surface area contributed by atoms with Crippen LogP contribution in [-0.4, -0.2) is 10.2 Å². The molecular weight excluding hydrogens is 219 g/mol. The van der Waals surface area contributed by atoms with E-state index in [4.69, 9.17) is 5.26 Å². The van der Waals surface area contributed by atoms with Crippen LogP contribution >= 0.6 is 0 Å². The molecule has 1 aromatic carbocycles. The molecule has 0 radical (unpaired) electrons. The summed E-state index contributed by atoms with van der Waals surface area (Å²) in [5, 5.41) is 19.3. The molecule has 1 N–H and O–H groups in total. The first-order valence-electron chi connectivity index (χ1n) is 4.95. The van der Waals surface area contributed by atoms with Gasteiger partial charge >= 0.3 is 0 Å². The zero-order valence-electron chi connectivity index (χ0n) is 9.11.